The maximum Gasteiger partial charge on any atom is 0.231 e. The Morgan fingerprint density at radius 3 is 2.86 bits per heavy atom. The molecular weight excluding hydrogens is 354 g/mol. The fourth-order valence-corrected chi connectivity index (χ4v) is 5.39. The summed E-state index contributed by atoms with van der Waals surface area (Å²) in [7, 11) is 3.79. The van der Waals surface area contributed by atoms with Crippen LogP contribution in [0.3, 0.4) is 0 Å². The third-order valence-electron chi connectivity index (χ3n) is 7.03. The number of hydrogen-bond donors (Lipinski definition) is 2. The smallest absolute Gasteiger partial charge is 0.231 e. The van der Waals surface area contributed by atoms with E-state index in [1.807, 2.05) is 23.1 Å². The topological polar surface area (TPSA) is 65.0 Å². The third-order valence-corrected chi connectivity index (χ3v) is 7.03. The number of nitrogens with zero attached hydrogens (tertiary/aromatic N) is 2. The van der Waals surface area contributed by atoms with E-state index < -0.39 is 0 Å². The summed E-state index contributed by atoms with van der Waals surface area (Å²) in [5.41, 5.74) is 0.587. The van der Waals surface area contributed by atoms with E-state index in [1.54, 1.807) is 7.11 Å². The van der Waals surface area contributed by atoms with Crippen LogP contribution >= 0.6 is 0 Å². The van der Waals surface area contributed by atoms with E-state index in [1.165, 1.54) is 0 Å². The Morgan fingerprint density at radius 2 is 2.14 bits per heavy atom. The van der Waals surface area contributed by atoms with Crippen molar-refractivity contribution in [2.45, 2.75) is 31.8 Å². The van der Waals surface area contributed by atoms with Crippen LogP contribution in [0, 0.1) is 10.8 Å². The second kappa shape index (κ2) is 7.65. The molecule has 3 heterocycles. The average molecular weight is 388 g/mol. The van der Waals surface area contributed by atoms with E-state index >= 15 is 0 Å². The Bertz CT molecular complexity index is 721. The highest BCUT2D eigenvalue weighted by Crippen LogP contribution is 2.40. The summed E-state index contributed by atoms with van der Waals surface area (Å²) >= 11 is 0. The first-order chi connectivity index (χ1) is 13.5. The van der Waals surface area contributed by atoms with Crippen molar-refractivity contribution in [1.82, 2.24) is 15.1 Å². The van der Waals surface area contributed by atoms with Crippen molar-refractivity contribution < 1.29 is 14.6 Å². The SMILES string of the molecule is COc1cccc(CC2(C(=O)N3CCC[C@]4(CN(C)CC[C@@H]4O)C3)CNC2)c1. The molecule has 1 aromatic rings. The van der Waals surface area contributed by atoms with Crippen LogP contribution in [-0.2, 0) is 11.2 Å². The molecule has 3 aliphatic heterocycles. The molecule has 0 aliphatic carbocycles. The number of methoxy groups -OCH3 is 1. The van der Waals surface area contributed by atoms with E-state index in [0.717, 1.165) is 69.7 Å². The van der Waals surface area contributed by atoms with Crippen molar-refractivity contribution in [2.75, 3.05) is 53.4 Å². The minimum Gasteiger partial charge on any atom is -0.497 e. The first-order valence-corrected chi connectivity index (χ1v) is 10.5. The van der Waals surface area contributed by atoms with E-state index in [0.29, 0.717) is 6.54 Å². The number of benzene rings is 1. The van der Waals surface area contributed by atoms with Crippen LogP contribution in [0.5, 0.6) is 5.75 Å². The second-order valence-corrected chi connectivity index (χ2v) is 9.15. The number of ether oxygens (including phenoxy) is 1. The van der Waals surface area contributed by atoms with Crippen LogP contribution in [0.15, 0.2) is 24.3 Å². The van der Waals surface area contributed by atoms with Gasteiger partial charge < -0.3 is 25.0 Å². The van der Waals surface area contributed by atoms with Gasteiger partial charge in [-0.25, -0.2) is 0 Å². The molecule has 2 atom stereocenters. The van der Waals surface area contributed by atoms with E-state index in [2.05, 4.69) is 23.3 Å². The van der Waals surface area contributed by atoms with Gasteiger partial charge in [0.2, 0.25) is 5.91 Å². The van der Waals surface area contributed by atoms with Crippen LogP contribution in [0.4, 0.5) is 0 Å². The Kier molecular flexibility index (Phi) is 5.38. The molecule has 2 N–H and O–H groups in total. The molecule has 0 bridgehead atoms. The standard InChI is InChI=1S/C22H33N3O3/c1-24-10-7-19(26)21(15-24)8-4-9-25(16-21)20(27)22(13-23-14-22)12-17-5-3-6-18(11-17)28-2/h3,5-6,11,19,23,26H,4,7-10,12-16H2,1-2H3/t19-,21-/m0/s1. The molecule has 28 heavy (non-hydrogen) atoms. The van der Waals surface area contributed by atoms with E-state index in [4.69, 9.17) is 4.74 Å². The lowest BCUT2D eigenvalue weighted by Crippen LogP contribution is -2.66. The Balaban J connectivity index is 1.51. The van der Waals surface area contributed by atoms with Gasteiger partial charge in [-0.05, 0) is 50.4 Å². The Hall–Kier alpha value is -1.63. The number of nitrogens with one attached hydrogen (secondary N) is 1. The van der Waals surface area contributed by atoms with Gasteiger partial charge in [-0.1, -0.05) is 12.1 Å². The Morgan fingerprint density at radius 1 is 1.32 bits per heavy atom. The number of aliphatic hydroxyl groups excluding tert-OH is 1. The highest BCUT2D eigenvalue weighted by molar-refractivity contribution is 5.85. The largest absolute Gasteiger partial charge is 0.497 e. The minimum absolute atomic E-state index is 0.171. The van der Waals surface area contributed by atoms with Crippen molar-refractivity contribution in [1.29, 1.82) is 0 Å². The highest BCUT2D eigenvalue weighted by Gasteiger charge is 2.51. The minimum atomic E-state index is -0.379. The summed E-state index contributed by atoms with van der Waals surface area (Å²) in [6.45, 7) is 4.72. The molecule has 0 unspecified atom stereocenters. The van der Waals surface area contributed by atoms with Crippen LogP contribution in [0.25, 0.3) is 0 Å². The molecule has 154 valence electrons. The van der Waals surface area contributed by atoms with Gasteiger partial charge in [-0.3, -0.25) is 4.79 Å². The van der Waals surface area contributed by atoms with Gasteiger partial charge in [-0.15, -0.1) is 0 Å². The third kappa shape index (κ3) is 3.53. The predicted molar refractivity (Wildman–Crippen MR) is 108 cm³/mol. The maximum atomic E-state index is 13.6. The van der Waals surface area contributed by atoms with Crippen molar-refractivity contribution in [2.24, 2.45) is 10.8 Å². The first-order valence-electron chi connectivity index (χ1n) is 10.5. The summed E-state index contributed by atoms with van der Waals surface area (Å²) in [5.74, 6) is 1.08. The van der Waals surface area contributed by atoms with E-state index in [9.17, 15) is 9.90 Å². The zero-order valence-corrected chi connectivity index (χ0v) is 17.1. The van der Waals surface area contributed by atoms with Gasteiger partial charge in [0.05, 0.1) is 18.6 Å². The van der Waals surface area contributed by atoms with Crippen LogP contribution in [0.2, 0.25) is 0 Å². The van der Waals surface area contributed by atoms with Gasteiger partial charge in [0, 0.05) is 44.7 Å². The van der Waals surface area contributed by atoms with Crippen LogP contribution in [-0.4, -0.2) is 80.3 Å². The maximum absolute atomic E-state index is 13.6. The van der Waals surface area contributed by atoms with Crippen molar-refractivity contribution in [3.8, 4) is 5.75 Å². The molecular formula is C22H33N3O3. The number of rotatable bonds is 4. The van der Waals surface area contributed by atoms with E-state index in [-0.39, 0.29) is 22.8 Å². The highest BCUT2D eigenvalue weighted by atomic mass is 16.5. The molecule has 1 spiro atoms. The molecule has 3 fully saturated rings. The molecule has 1 aromatic carbocycles. The normalized spacial score (nSPS) is 30.1. The zero-order valence-electron chi connectivity index (χ0n) is 17.1. The summed E-state index contributed by atoms with van der Waals surface area (Å²) in [6, 6.07) is 8.03. The number of hydrogen-bond acceptors (Lipinski definition) is 5. The fourth-order valence-electron chi connectivity index (χ4n) is 5.39. The lowest BCUT2D eigenvalue weighted by molar-refractivity contribution is -0.154. The second-order valence-electron chi connectivity index (χ2n) is 9.15. The number of aliphatic hydroxyl groups is 1. The average Bonchev–Trinajstić information content (AvgIpc) is 2.68. The van der Waals surface area contributed by atoms with Gasteiger partial charge in [-0.2, -0.15) is 0 Å². The lowest BCUT2D eigenvalue weighted by atomic mass is 9.70. The van der Waals surface area contributed by atoms with Crippen molar-refractivity contribution in [3.05, 3.63) is 29.8 Å². The molecule has 0 aromatic heterocycles. The Labute approximate surface area is 167 Å². The number of amides is 1. The summed E-state index contributed by atoms with van der Waals surface area (Å²) in [6.07, 6.45) is 3.19. The molecule has 6 heteroatoms. The molecule has 3 aliphatic rings. The predicted octanol–water partition coefficient (Wildman–Crippen LogP) is 1.13. The quantitative estimate of drug-likeness (QED) is 0.811. The van der Waals surface area contributed by atoms with Gasteiger partial charge in [0.15, 0.2) is 0 Å². The number of likely N-dealkylation sites (tertiary alicyclic amines) is 2. The molecule has 0 radical (unpaired) electrons. The number of piperidine rings is 2. The van der Waals surface area contributed by atoms with Gasteiger partial charge >= 0.3 is 0 Å². The van der Waals surface area contributed by atoms with Crippen molar-refractivity contribution in [3.63, 3.8) is 0 Å². The van der Waals surface area contributed by atoms with Crippen molar-refractivity contribution >= 4 is 5.91 Å². The number of carbonyl (C=O) groups is 1. The van der Waals surface area contributed by atoms with Crippen LogP contribution in [0.1, 0.15) is 24.8 Å². The molecule has 4 rings (SSSR count). The fraction of sp³-hybridized carbons (Fsp3) is 0.682. The van der Waals surface area contributed by atoms with Gasteiger partial charge in [0.25, 0.3) is 0 Å². The molecule has 3 saturated heterocycles. The monoisotopic (exact) mass is 387 g/mol. The summed E-state index contributed by atoms with van der Waals surface area (Å²) in [5, 5.41) is 14.1. The zero-order chi connectivity index (χ0) is 19.8. The molecule has 1 amide bonds. The molecule has 0 saturated carbocycles. The first kappa shape index (κ1) is 19.7. The lowest BCUT2D eigenvalue weighted by Gasteiger charge is -2.53. The molecule has 6 nitrogen and oxygen atoms in total. The summed E-state index contributed by atoms with van der Waals surface area (Å²) in [4.78, 5) is 18.0. The van der Waals surface area contributed by atoms with Gasteiger partial charge in [0.1, 0.15) is 5.75 Å². The summed E-state index contributed by atoms with van der Waals surface area (Å²) < 4.78 is 5.35. The van der Waals surface area contributed by atoms with Crippen LogP contribution < -0.4 is 10.1 Å². The number of carbonyl (C=O) groups excluding carboxylic acids is 1.